The van der Waals surface area contributed by atoms with Gasteiger partial charge in [-0.1, -0.05) is 65.9 Å². The Morgan fingerprint density at radius 3 is 2.63 bits per heavy atom. The highest BCUT2D eigenvalue weighted by Gasteiger charge is 2.30. The Balaban J connectivity index is 1.85. The molecule has 1 saturated heterocycles. The van der Waals surface area contributed by atoms with Gasteiger partial charge in [-0.15, -0.1) is 0 Å². The van der Waals surface area contributed by atoms with Gasteiger partial charge in [0.1, 0.15) is 10.9 Å². The minimum atomic E-state index is -0.0907. The zero-order valence-electron chi connectivity index (χ0n) is 14.9. The van der Waals surface area contributed by atoms with Crippen LogP contribution in [0, 0.1) is 0 Å². The SMILES string of the molecule is CCN1C(=O)/C(=C/c2cc(Cl)c(OCc3ccccc3)c(OC)c2)SC1=S. The average Bonchev–Trinajstić information content (AvgIpc) is 2.93. The summed E-state index contributed by atoms with van der Waals surface area (Å²) in [6.07, 6.45) is 1.77. The van der Waals surface area contributed by atoms with Crippen LogP contribution in [0.25, 0.3) is 6.08 Å². The van der Waals surface area contributed by atoms with Gasteiger partial charge in [-0.05, 0) is 36.3 Å². The molecule has 0 unspecified atom stereocenters. The molecule has 27 heavy (non-hydrogen) atoms. The summed E-state index contributed by atoms with van der Waals surface area (Å²) in [5.41, 5.74) is 1.78. The van der Waals surface area contributed by atoms with Gasteiger partial charge in [0.2, 0.25) is 0 Å². The third-order valence-electron chi connectivity index (χ3n) is 3.97. The molecule has 7 heteroatoms. The number of thiocarbonyl (C=S) groups is 1. The maximum Gasteiger partial charge on any atom is 0.266 e. The quantitative estimate of drug-likeness (QED) is 0.478. The van der Waals surface area contributed by atoms with Crippen LogP contribution in [0.4, 0.5) is 0 Å². The summed E-state index contributed by atoms with van der Waals surface area (Å²) >= 11 is 13.0. The van der Waals surface area contributed by atoms with Gasteiger partial charge in [0.05, 0.1) is 17.0 Å². The van der Waals surface area contributed by atoms with Crippen LogP contribution in [0.1, 0.15) is 18.1 Å². The first-order valence-corrected chi connectivity index (χ1v) is 9.93. The van der Waals surface area contributed by atoms with Crippen molar-refractivity contribution in [3.8, 4) is 11.5 Å². The number of rotatable bonds is 6. The van der Waals surface area contributed by atoms with Gasteiger partial charge in [-0.3, -0.25) is 9.69 Å². The lowest BCUT2D eigenvalue weighted by Crippen LogP contribution is -2.27. The van der Waals surface area contributed by atoms with E-state index in [2.05, 4.69) is 0 Å². The van der Waals surface area contributed by atoms with Gasteiger partial charge >= 0.3 is 0 Å². The predicted molar refractivity (Wildman–Crippen MR) is 114 cm³/mol. The number of thioether (sulfide) groups is 1. The molecule has 140 valence electrons. The number of likely N-dealkylation sites (N-methyl/N-ethyl adjacent to an activating group) is 1. The lowest BCUT2D eigenvalue weighted by atomic mass is 10.1. The van der Waals surface area contributed by atoms with E-state index in [0.717, 1.165) is 11.1 Å². The fourth-order valence-electron chi connectivity index (χ4n) is 2.62. The average molecular weight is 420 g/mol. The number of carbonyl (C=O) groups excluding carboxylic acids is 1. The molecular formula is C20H18ClNO3S2. The number of methoxy groups -OCH3 is 1. The highest BCUT2D eigenvalue weighted by Crippen LogP contribution is 2.39. The lowest BCUT2D eigenvalue weighted by molar-refractivity contribution is -0.121. The number of carbonyl (C=O) groups is 1. The van der Waals surface area contributed by atoms with Crippen molar-refractivity contribution in [2.24, 2.45) is 0 Å². The van der Waals surface area contributed by atoms with Crippen LogP contribution in [-0.2, 0) is 11.4 Å². The first kappa shape index (κ1) is 19.7. The van der Waals surface area contributed by atoms with Crippen molar-refractivity contribution in [2.45, 2.75) is 13.5 Å². The Kier molecular flexibility index (Phi) is 6.42. The molecule has 0 atom stereocenters. The summed E-state index contributed by atoms with van der Waals surface area (Å²) in [7, 11) is 1.56. The number of benzene rings is 2. The van der Waals surface area contributed by atoms with Crippen LogP contribution in [0.2, 0.25) is 5.02 Å². The molecule has 2 aromatic carbocycles. The Labute approximate surface area is 173 Å². The molecule has 1 amide bonds. The Hall–Kier alpha value is -2.02. The molecule has 0 aromatic heterocycles. The number of hydrogen-bond donors (Lipinski definition) is 0. The van der Waals surface area contributed by atoms with E-state index in [4.69, 9.17) is 33.3 Å². The second-order valence-electron chi connectivity index (χ2n) is 5.73. The van der Waals surface area contributed by atoms with Gasteiger partial charge in [-0.25, -0.2) is 0 Å². The van der Waals surface area contributed by atoms with E-state index in [1.807, 2.05) is 37.3 Å². The standard InChI is InChI=1S/C20H18ClNO3S2/c1-3-22-19(23)17(27-20(22)26)11-14-9-15(21)18(16(10-14)24-2)25-12-13-7-5-4-6-8-13/h4-11H,3,12H2,1-2H3/b17-11-. The highest BCUT2D eigenvalue weighted by molar-refractivity contribution is 8.26. The molecule has 4 nitrogen and oxygen atoms in total. The van der Waals surface area contributed by atoms with Crippen molar-refractivity contribution in [1.29, 1.82) is 0 Å². The molecule has 1 heterocycles. The minimum Gasteiger partial charge on any atom is -0.493 e. The molecule has 0 N–H and O–H groups in total. The summed E-state index contributed by atoms with van der Waals surface area (Å²) in [6, 6.07) is 13.4. The van der Waals surface area contributed by atoms with Crippen molar-refractivity contribution < 1.29 is 14.3 Å². The predicted octanol–water partition coefficient (Wildman–Crippen LogP) is 5.15. The van der Waals surface area contributed by atoms with E-state index in [1.54, 1.807) is 30.2 Å². The maximum atomic E-state index is 12.4. The number of amides is 1. The van der Waals surface area contributed by atoms with Gasteiger partial charge in [0, 0.05) is 6.54 Å². The zero-order chi connectivity index (χ0) is 19.4. The molecule has 3 rings (SSSR count). The van der Waals surface area contributed by atoms with E-state index < -0.39 is 0 Å². The Bertz CT molecular complexity index is 900. The van der Waals surface area contributed by atoms with Crippen LogP contribution in [0.5, 0.6) is 11.5 Å². The summed E-state index contributed by atoms with van der Waals surface area (Å²) in [5, 5.41) is 0.419. The summed E-state index contributed by atoms with van der Waals surface area (Å²) in [4.78, 5) is 14.5. The number of nitrogens with zero attached hydrogens (tertiary/aromatic N) is 1. The van der Waals surface area contributed by atoms with Gasteiger partial charge in [-0.2, -0.15) is 0 Å². The first-order chi connectivity index (χ1) is 13.0. The van der Waals surface area contributed by atoms with Crippen LogP contribution in [-0.4, -0.2) is 28.8 Å². The van der Waals surface area contributed by atoms with Crippen molar-refractivity contribution in [3.05, 3.63) is 63.5 Å². The van der Waals surface area contributed by atoms with E-state index in [9.17, 15) is 4.79 Å². The van der Waals surface area contributed by atoms with Gasteiger partial charge < -0.3 is 9.47 Å². The lowest BCUT2D eigenvalue weighted by Gasteiger charge is -2.13. The minimum absolute atomic E-state index is 0.0907. The molecule has 1 aliphatic heterocycles. The largest absolute Gasteiger partial charge is 0.493 e. The number of halogens is 1. The Morgan fingerprint density at radius 1 is 1.26 bits per heavy atom. The van der Waals surface area contributed by atoms with Crippen molar-refractivity contribution in [1.82, 2.24) is 4.90 Å². The maximum absolute atomic E-state index is 12.4. The second kappa shape index (κ2) is 8.78. The third kappa shape index (κ3) is 4.46. The smallest absolute Gasteiger partial charge is 0.266 e. The van der Waals surface area contributed by atoms with Crippen LogP contribution in [0.3, 0.4) is 0 Å². The Morgan fingerprint density at radius 2 is 2.00 bits per heavy atom. The van der Waals surface area contributed by atoms with E-state index >= 15 is 0 Å². The van der Waals surface area contributed by atoms with Crippen molar-refractivity contribution in [3.63, 3.8) is 0 Å². The number of hydrogen-bond acceptors (Lipinski definition) is 5. The van der Waals surface area contributed by atoms with Crippen molar-refractivity contribution >= 4 is 51.9 Å². The van der Waals surface area contributed by atoms with Crippen molar-refractivity contribution in [2.75, 3.05) is 13.7 Å². The second-order valence-corrected chi connectivity index (χ2v) is 7.82. The topological polar surface area (TPSA) is 38.8 Å². The van der Waals surface area contributed by atoms with Crippen LogP contribution in [0.15, 0.2) is 47.4 Å². The van der Waals surface area contributed by atoms with Gasteiger partial charge in [0.25, 0.3) is 5.91 Å². The molecule has 0 aliphatic carbocycles. The summed E-state index contributed by atoms with van der Waals surface area (Å²) < 4.78 is 11.9. The first-order valence-electron chi connectivity index (χ1n) is 8.33. The fraction of sp³-hybridized carbons (Fsp3) is 0.200. The molecule has 0 radical (unpaired) electrons. The summed E-state index contributed by atoms with van der Waals surface area (Å²) in [6.45, 7) is 2.83. The normalized spacial score (nSPS) is 15.5. The van der Waals surface area contributed by atoms with E-state index in [1.165, 1.54) is 11.8 Å². The molecule has 0 saturated carbocycles. The molecule has 1 fully saturated rings. The molecule has 0 bridgehead atoms. The van der Waals surface area contributed by atoms with Crippen LogP contribution >= 0.6 is 35.6 Å². The van der Waals surface area contributed by atoms with E-state index in [-0.39, 0.29) is 5.91 Å². The summed E-state index contributed by atoms with van der Waals surface area (Å²) in [5.74, 6) is 0.893. The molecule has 2 aromatic rings. The monoisotopic (exact) mass is 419 g/mol. The molecule has 0 spiro atoms. The zero-order valence-corrected chi connectivity index (χ0v) is 17.3. The van der Waals surface area contributed by atoms with E-state index in [0.29, 0.717) is 38.9 Å². The third-order valence-corrected chi connectivity index (χ3v) is 5.62. The molecular weight excluding hydrogens is 402 g/mol. The van der Waals surface area contributed by atoms with Crippen LogP contribution < -0.4 is 9.47 Å². The molecule has 1 aliphatic rings. The fourth-order valence-corrected chi connectivity index (χ4v) is 4.27. The van der Waals surface area contributed by atoms with Gasteiger partial charge in [0.15, 0.2) is 11.5 Å². The highest BCUT2D eigenvalue weighted by atomic mass is 35.5. The number of ether oxygens (including phenoxy) is 2.